The Kier molecular flexibility index (Phi) is 8.12. The van der Waals surface area contributed by atoms with E-state index in [0.29, 0.717) is 5.82 Å². The van der Waals surface area contributed by atoms with E-state index in [1.807, 2.05) is 12.1 Å². The maximum absolute atomic E-state index is 5.51. The summed E-state index contributed by atoms with van der Waals surface area (Å²) < 4.78 is 0. The predicted octanol–water partition coefficient (Wildman–Crippen LogP) is 13.5. The molecular formula is C51H34N4. The Hall–Kier alpha value is -7.43. The molecule has 0 bridgehead atoms. The second kappa shape index (κ2) is 13.8. The molecule has 0 fully saturated rings. The van der Waals surface area contributed by atoms with E-state index in [9.17, 15) is 0 Å². The Morgan fingerprint density at radius 2 is 0.818 bits per heavy atom. The number of para-hydroxylation sites is 2. The highest BCUT2D eigenvalue weighted by Crippen LogP contribution is 2.43. The molecule has 0 aliphatic rings. The van der Waals surface area contributed by atoms with E-state index in [2.05, 4.69) is 199 Å². The van der Waals surface area contributed by atoms with E-state index in [1.165, 1.54) is 0 Å². The number of aromatic nitrogens is 3. The van der Waals surface area contributed by atoms with Gasteiger partial charge in [-0.2, -0.15) is 0 Å². The van der Waals surface area contributed by atoms with Gasteiger partial charge in [-0.25, -0.2) is 15.0 Å². The molecule has 0 atom stereocenters. The molecule has 258 valence electrons. The van der Waals surface area contributed by atoms with Gasteiger partial charge in [0.1, 0.15) is 0 Å². The Morgan fingerprint density at radius 3 is 1.38 bits per heavy atom. The monoisotopic (exact) mass is 702 g/mol. The molecule has 0 unspecified atom stereocenters. The number of pyridine rings is 1. The molecule has 4 nitrogen and oxygen atoms in total. The van der Waals surface area contributed by atoms with E-state index < -0.39 is 0 Å². The molecule has 0 N–H and O–H groups in total. The van der Waals surface area contributed by atoms with Gasteiger partial charge in [0.25, 0.3) is 0 Å². The third-order valence-corrected chi connectivity index (χ3v) is 10.2. The highest BCUT2D eigenvalue weighted by Gasteiger charge is 2.21. The molecule has 0 spiro atoms. The molecule has 55 heavy (non-hydrogen) atoms. The SMILES string of the molecule is c1ccc(-c2cc(-c3ccccc3)nc(-c3cc4c(-c5ccccc5)nc5cc(N(c6ccccc6)c6ccccc6)ccc5c4c4ccccc34)n2)cc1. The van der Waals surface area contributed by atoms with E-state index in [1.54, 1.807) is 0 Å². The summed E-state index contributed by atoms with van der Waals surface area (Å²) in [5, 5.41) is 5.52. The van der Waals surface area contributed by atoms with Gasteiger partial charge in [-0.1, -0.05) is 158 Å². The molecule has 0 saturated heterocycles. The fraction of sp³-hybridized carbons (Fsp3) is 0. The number of rotatable bonds is 7. The van der Waals surface area contributed by atoms with Gasteiger partial charge in [0.2, 0.25) is 0 Å². The van der Waals surface area contributed by atoms with E-state index >= 15 is 0 Å². The molecular weight excluding hydrogens is 669 g/mol. The van der Waals surface area contributed by atoms with Gasteiger partial charge in [-0.05, 0) is 59.3 Å². The zero-order valence-corrected chi connectivity index (χ0v) is 29.9. The molecule has 0 radical (unpaired) electrons. The summed E-state index contributed by atoms with van der Waals surface area (Å²) in [5.74, 6) is 0.675. The summed E-state index contributed by atoms with van der Waals surface area (Å²) in [5.41, 5.74) is 10.9. The lowest BCUT2D eigenvalue weighted by atomic mass is 9.91. The lowest BCUT2D eigenvalue weighted by molar-refractivity contribution is 1.19. The van der Waals surface area contributed by atoms with Gasteiger partial charge in [0.15, 0.2) is 5.82 Å². The van der Waals surface area contributed by atoms with Crippen molar-refractivity contribution in [3.63, 3.8) is 0 Å². The van der Waals surface area contributed by atoms with Crippen LogP contribution >= 0.6 is 0 Å². The van der Waals surface area contributed by atoms with Crippen molar-refractivity contribution in [1.82, 2.24) is 15.0 Å². The van der Waals surface area contributed by atoms with E-state index in [0.717, 1.165) is 88.8 Å². The third-order valence-electron chi connectivity index (χ3n) is 10.2. The molecule has 8 aromatic carbocycles. The predicted molar refractivity (Wildman–Crippen MR) is 229 cm³/mol. The molecule has 2 aromatic heterocycles. The second-order valence-corrected chi connectivity index (χ2v) is 13.6. The highest BCUT2D eigenvalue weighted by molar-refractivity contribution is 6.25. The van der Waals surface area contributed by atoms with Crippen molar-refractivity contribution >= 4 is 49.5 Å². The molecule has 10 aromatic rings. The highest BCUT2D eigenvalue weighted by atomic mass is 15.1. The van der Waals surface area contributed by atoms with Crippen LogP contribution in [0.4, 0.5) is 17.1 Å². The van der Waals surface area contributed by atoms with Crippen LogP contribution in [0.5, 0.6) is 0 Å². The van der Waals surface area contributed by atoms with Crippen LogP contribution in [0, 0.1) is 0 Å². The smallest absolute Gasteiger partial charge is 0.161 e. The minimum Gasteiger partial charge on any atom is -0.310 e. The van der Waals surface area contributed by atoms with Crippen LogP contribution in [0.3, 0.4) is 0 Å². The molecule has 0 saturated carbocycles. The van der Waals surface area contributed by atoms with Gasteiger partial charge in [-0.15, -0.1) is 0 Å². The summed E-state index contributed by atoms with van der Waals surface area (Å²) >= 11 is 0. The minimum absolute atomic E-state index is 0.675. The first-order valence-electron chi connectivity index (χ1n) is 18.5. The van der Waals surface area contributed by atoms with Crippen LogP contribution in [-0.2, 0) is 0 Å². The van der Waals surface area contributed by atoms with Crippen molar-refractivity contribution in [3.8, 4) is 45.2 Å². The maximum atomic E-state index is 5.51. The van der Waals surface area contributed by atoms with Crippen molar-refractivity contribution in [2.24, 2.45) is 0 Å². The first kappa shape index (κ1) is 32.2. The van der Waals surface area contributed by atoms with Crippen molar-refractivity contribution in [2.45, 2.75) is 0 Å². The summed E-state index contributed by atoms with van der Waals surface area (Å²) in [6, 6.07) is 71.9. The van der Waals surface area contributed by atoms with Crippen molar-refractivity contribution in [2.75, 3.05) is 4.90 Å². The summed E-state index contributed by atoms with van der Waals surface area (Å²) in [6.45, 7) is 0. The Labute approximate surface area is 319 Å². The van der Waals surface area contributed by atoms with Crippen molar-refractivity contribution in [3.05, 3.63) is 206 Å². The number of benzene rings is 8. The molecule has 2 heterocycles. The second-order valence-electron chi connectivity index (χ2n) is 13.6. The molecule has 0 aliphatic heterocycles. The Bertz CT molecular complexity index is 2850. The first-order valence-corrected chi connectivity index (χ1v) is 18.5. The third kappa shape index (κ3) is 5.96. The van der Waals surface area contributed by atoms with Gasteiger partial charge in [-0.3, -0.25) is 0 Å². The zero-order valence-electron chi connectivity index (χ0n) is 29.9. The Balaban J connectivity index is 1.26. The number of fused-ring (bicyclic) bond motifs is 5. The van der Waals surface area contributed by atoms with Crippen LogP contribution in [-0.4, -0.2) is 15.0 Å². The van der Waals surface area contributed by atoms with Crippen LogP contribution in [0.1, 0.15) is 0 Å². The molecule has 0 aliphatic carbocycles. The largest absolute Gasteiger partial charge is 0.310 e. The number of anilines is 3. The zero-order chi connectivity index (χ0) is 36.6. The Morgan fingerprint density at radius 1 is 0.327 bits per heavy atom. The number of hydrogen-bond donors (Lipinski definition) is 0. The van der Waals surface area contributed by atoms with E-state index in [4.69, 9.17) is 15.0 Å². The quantitative estimate of drug-likeness (QED) is 0.155. The van der Waals surface area contributed by atoms with Crippen LogP contribution in [0.2, 0.25) is 0 Å². The van der Waals surface area contributed by atoms with Gasteiger partial charge in [0.05, 0.1) is 22.6 Å². The number of hydrogen-bond acceptors (Lipinski definition) is 4. The summed E-state index contributed by atoms with van der Waals surface area (Å²) in [7, 11) is 0. The number of nitrogens with zero attached hydrogens (tertiary/aromatic N) is 4. The van der Waals surface area contributed by atoms with Gasteiger partial charge < -0.3 is 4.90 Å². The van der Waals surface area contributed by atoms with Crippen LogP contribution in [0.15, 0.2) is 206 Å². The van der Waals surface area contributed by atoms with Crippen LogP contribution in [0.25, 0.3) is 77.6 Å². The molecule has 0 amide bonds. The topological polar surface area (TPSA) is 41.9 Å². The summed E-state index contributed by atoms with van der Waals surface area (Å²) in [4.78, 5) is 18.3. The fourth-order valence-electron chi connectivity index (χ4n) is 7.68. The summed E-state index contributed by atoms with van der Waals surface area (Å²) in [6.07, 6.45) is 0. The van der Waals surface area contributed by atoms with Crippen LogP contribution < -0.4 is 4.90 Å². The lowest BCUT2D eigenvalue weighted by Gasteiger charge is -2.26. The van der Waals surface area contributed by atoms with Crippen molar-refractivity contribution in [1.29, 1.82) is 0 Å². The van der Waals surface area contributed by atoms with Gasteiger partial charge in [0, 0.05) is 55.5 Å². The first-order chi connectivity index (χ1) is 27.3. The molecule has 10 rings (SSSR count). The lowest BCUT2D eigenvalue weighted by Crippen LogP contribution is -2.09. The van der Waals surface area contributed by atoms with E-state index in [-0.39, 0.29) is 0 Å². The average Bonchev–Trinajstić information content (AvgIpc) is 3.27. The van der Waals surface area contributed by atoms with Gasteiger partial charge >= 0.3 is 0 Å². The average molecular weight is 703 g/mol. The normalized spacial score (nSPS) is 11.3. The standard InChI is InChI=1S/C51H34N4/c1-6-18-35(19-7-1)46-34-47(36-20-8-2-9-21-36)54-51(53-46)44-33-45-49(42-29-17-16-28-41(42)44)43-31-30-40(32-48(43)52-50(45)37-22-10-3-11-23-37)55(38-24-12-4-13-25-38)39-26-14-5-15-27-39/h1-34H. The maximum Gasteiger partial charge on any atom is 0.161 e. The fourth-order valence-corrected chi connectivity index (χ4v) is 7.68. The van der Waals surface area contributed by atoms with Crippen molar-refractivity contribution < 1.29 is 0 Å². The minimum atomic E-state index is 0.675. The molecule has 4 heteroatoms.